The van der Waals surface area contributed by atoms with Crippen molar-refractivity contribution in [2.75, 3.05) is 11.1 Å². The Balaban J connectivity index is 1.61. The molecule has 0 aliphatic carbocycles. The lowest BCUT2D eigenvalue weighted by molar-refractivity contribution is -0.116. The predicted octanol–water partition coefficient (Wildman–Crippen LogP) is 4.04. The molecule has 5 heteroatoms. The quantitative estimate of drug-likeness (QED) is 0.635. The van der Waals surface area contributed by atoms with Gasteiger partial charge in [0.1, 0.15) is 5.82 Å². The predicted molar refractivity (Wildman–Crippen MR) is 84.5 cm³/mol. The summed E-state index contributed by atoms with van der Waals surface area (Å²) in [5.41, 5.74) is 1.11. The monoisotopic (exact) mass is 296 g/mol. The Morgan fingerprint density at radius 2 is 2.42 bits per heavy atom. The van der Waals surface area contributed by atoms with Crippen molar-refractivity contribution in [3.05, 3.63) is 23.9 Å². The number of anilines is 1. The molecular weight excluding hydrogens is 276 g/mol. The van der Waals surface area contributed by atoms with Crippen molar-refractivity contribution in [3.8, 4) is 0 Å². The molecule has 1 aromatic rings. The molecule has 1 saturated heterocycles. The summed E-state index contributed by atoms with van der Waals surface area (Å²) >= 11 is 0. The van der Waals surface area contributed by atoms with Crippen molar-refractivity contribution in [1.29, 1.82) is 0 Å². The van der Waals surface area contributed by atoms with Crippen LogP contribution in [0.2, 0.25) is 0 Å². The van der Waals surface area contributed by atoms with Gasteiger partial charge in [0.2, 0.25) is 5.91 Å². The van der Waals surface area contributed by atoms with Gasteiger partial charge in [0.05, 0.1) is 0 Å². The summed E-state index contributed by atoms with van der Waals surface area (Å²) in [6.45, 7) is 1.99. The second-order valence-electron chi connectivity index (χ2n) is 4.84. The molecule has 1 aromatic heterocycles. The van der Waals surface area contributed by atoms with Crippen LogP contribution in [-0.4, -0.2) is 21.9 Å². The maximum Gasteiger partial charge on any atom is 0.225 e. The highest BCUT2D eigenvalue weighted by atomic mass is 33.1. The Morgan fingerprint density at radius 1 is 1.53 bits per heavy atom. The van der Waals surface area contributed by atoms with Gasteiger partial charge in [-0.05, 0) is 43.9 Å². The lowest BCUT2D eigenvalue weighted by atomic mass is 10.1. The van der Waals surface area contributed by atoms with E-state index in [0.717, 1.165) is 23.7 Å². The zero-order valence-corrected chi connectivity index (χ0v) is 12.9. The molecule has 0 aromatic carbocycles. The van der Waals surface area contributed by atoms with Gasteiger partial charge in [-0.1, -0.05) is 28.0 Å². The molecule has 3 nitrogen and oxygen atoms in total. The average Bonchev–Trinajstić information content (AvgIpc) is 2.88. The molecule has 1 unspecified atom stereocenters. The van der Waals surface area contributed by atoms with E-state index in [2.05, 4.69) is 10.3 Å². The normalized spacial score (nSPS) is 18.5. The van der Waals surface area contributed by atoms with E-state index in [-0.39, 0.29) is 5.91 Å². The third-order valence-corrected chi connectivity index (χ3v) is 6.10. The number of aryl methyl sites for hydroxylation is 1. The molecule has 0 saturated carbocycles. The van der Waals surface area contributed by atoms with E-state index >= 15 is 0 Å². The molecule has 2 heterocycles. The summed E-state index contributed by atoms with van der Waals surface area (Å²) in [6.07, 6.45) is 7.01. The summed E-state index contributed by atoms with van der Waals surface area (Å²) in [4.78, 5) is 15.9. The highest BCUT2D eigenvalue weighted by Gasteiger charge is 2.15. The molecule has 0 spiro atoms. The van der Waals surface area contributed by atoms with Crippen LogP contribution in [0.25, 0.3) is 0 Å². The fourth-order valence-electron chi connectivity index (χ4n) is 2.03. The van der Waals surface area contributed by atoms with E-state index in [0.29, 0.717) is 12.2 Å². The summed E-state index contributed by atoms with van der Waals surface area (Å²) in [5.74, 6) is 2.02. The van der Waals surface area contributed by atoms with Crippen LogP contribution in [-0.2, 0) is 4.79 Å². The lowest BCUT2D eigenvalue weighted by Gasteiger charge is -2.07. The molecule has 0 bridgehead atoms. The number of pyridine rings is 1. The third-order valence-electron chi connectivity index (χ3n) is 3.09. The van der Waals surface area contributed by atoms with Crippen molar-refractivity contribution >= 4 is 33.3 Å². The van der Waals surface area contributed by atoms with E-state index in [9.17, 15) is 4.79 Å². The molecule has 1 fully saturated rings. The third kappa shape index (κ3) is 5.45. The van der Waals surface area contributed by atoms with Crippen molar-refractivity contribution < 1.29 is 4.79 Å². The first-order chi connectivity index (χ1) is 9.24. The Bertz CT molecular complexity index is 420. The molecule has 1 N–H and O–H groups in total. The lowest BCUT2D eigenvalue weighted by Crippen LogP contribution is -2.12. The van der Waals surface area contributed by atoms with Crippen LogP contribution in [0.1, 0.15) is 37.7 Å². The number of aromatic nitrogens is 1. The number of carbonyl (C=O) groups excluding carboxylic acids is 1. The van der Waals surface area contributed by atoms with Crippen LogP contribution in [0.15, 0.2) is 18.3 Å². The van der Waals surface area contributed by atoms with E-state index in [1.165, 1.54) is 18.6 Å². The number of nitrogens with one attached hydrogen (secondary N) is 1. The van der Waals surface area contributed by atoms with Gasteiger partial charge in [0.15, 0.2) is 0 Å². The highest BCUT2D eigenvalue weighted by molar-refractivity contribution is 8.77. The van der Waals surface area contributed by atoms with Gasteiger partial charge < -0.3 is 5.32 Å². The zero-order valence-electron chi connectivity index (χ0n) is 11.2. The molecule has 2 rings (SSSR count). The summed E-state index contributed by atoms with van der Waals surface area (Å²) in [5, 5.41) is 3.66. The van der Waals surface area contributed by atoms with Crippen LogP contribution in [0.3, 0.4) is 0 Å². The van der Waals surface area contributed by atoms with E-state index in [1.807, 2.05) is 40.6 Å². The highest BCUT2D eigenvalue weighted by Crippen LogP contribution is 2.39. The number of unbranched alkanes of at least 4 members (excludes halogenated alkanes) is 1. The Hall–Kier alpha value is -0.680. The molecule has 19 heavy (non-hydrogen) atoms. The van der Waals surface area contributed by atoms with Crippen molar-refractivity contribution in [2.24, 2.45) is 0 Å². The number of hydrogen-bond donors (Lipinski definition) is 1. The Morgan fingerprint density at radius 3 is 3.16 bits per heavy atom. The van der Waals surface area contributed by atoms with Crippen LogP contribution in [0, 0.1) is 6.92 Å². The average molecular weight is 296 g/mol. The van der Waals surface area contributed by atoms with Crippen molar-refractivity contribution in [2.45, 2.75) is 44.3 Å². The summed E-state index contributed by atoms with van der Waals surface area (Å²) in [7, 11) is 3.99. The first-order valence-electron chi connectivity index (χ1n) is 6.75. The molecular formula is C14H20N2OS2. The summed E-state index contributed by atoms with van der Waals surface area (Å²) < 4.78 is 0. The van der Waals surface area contributed by atoms with Gasteiger partial charge in [-0.2, -0.15) is 0 Å². The van der Waals surface area contributed by atoms with Gasteiger partial charge in [-0.3, -0.25) is 4.79 Å². The fraction of sp³-hybridized carbons (Fsp3) is 0.571. The molecule has 1 amide bonds. The van der Waals surface area contributed by atoms with Crippen LogP contribution in [0.4, 0.5) is 5.82 Å². The minimum Gasteiger partial charge on any atom is -0.311 e. The Kier molecular flexibility index (Phi) is 6.04. The fourth-order valence-corrected chi connectivity index (χ4v) is 5.06. The van der Waals surface area contributed by atoms with Crippen molar-refractivity contribution in [3.63, 3.8) is 0 Å². The molecule has 104 valence electrons. The molecule has 1 atom stereocenters. The molecule has 1 aliphatic rings. The van der Waals surface area contributed by atoms with Gasteiger partial charge in [-0.15, -0.1) is 0 Å². The minimum absolute atomic E-state index is 0.0755. The van der Waals surface area contributed by atoms with Gasteiger partial charge in [-0.25, -0.2) is 4.98 Å². The van der Waals surface area contributed by atoms with Crippen LogP contribution in [0.5, 0.6) is 0 Å². The maximum absolute atomic E-state index is 11.8. The molecule has 1 aliphatic heterocycles. The number of nitrogens with zero attached hydrogens (tertiary/aromatic N) is 1. The zero-order chi connectivity index (χ0) is 13.5. The number of carbonyl (C=O) groups is 1. The van der Waals surface area contributed by atoms with Crippen molar-refractivity contribution in [1.82, 2.24) is 4.98 Å². The topological polar surface area (TPSA) is 42.0 Å². The van der Waals surface area contributed by atoms with Gasteiger partial charge >= 0.3 is 0 Å². The minimum atomic E-state index is 0.0755. The number of rotatable bonds is 6. The number of hydrogen-bond acceptors (Lipinski definition) is 4. The largest absolute Gasteiger partial charge is 0.311 e. The maximum atomic E-state index is 11.8. The second kappa shape index (κ2) is 7.80. The van der Waals surface area contributed by atoms with Crippen LogP contribution < -0.4 is 5.32 Å². The smallest absolute Gasteiger partial charge is 0.225 e. The van der Waals surface area contributed by atoms with Crippen LogP contribution >= 0.6 is 21.6 Å². The van der Waals surface area contributed by atoms with E-state index in [1.54, 1.807) is 6.20 Å². The first kappa shape index (κ1) is 14.7. The SMILES string of the molecule is Cc1ccnc(NC(=O)CCCCC2CCSS2)c1. The van der Waals surface area contributed by atoms with E-state index in [4.69, 9.17) is 0 Å². The van der Waals surface area contributed by atoms with Gasteiger partial charge in [0.25, 0.3) is 0 Å². The molecule has 0 radical (unpaired) electrons. The van der Waals surface area contributed by atoms with Gasteiger partial charge in [0, 0.05) is 23.6 Å². The van der Waals surface area contributed by atoms with E-state index < -0.39 is 0 Å². The standard InChI is InChI=1S/C14H20N2OS2/c1-11-6-8-15-13(10-11)16-14(17)5-3-2-4-12-7-9-18-19-12/h6,8,10,12H,2-5,7,9H2,1H3,(H,15,16,17). The Labute approximate surface area is 122 Å². The summed E-state index contributed by atoms with van der Waals surface area (Å²) in [6, 6.07) is 3.82. The first-order valence-corrected chi connectivity index (χ1v) is 9.13. The second-order valence-corrected chi connectivity index (χ2v) is 7.63. The number of amides is 1.